The first kappa shape index (κ1) is 15.5. The second kappa shape index (κ2) is 6.38. The van der Waals surface area contributed by atoms with Crippen LogP contribution in [-0.2, 0) is 0 Å². The molecule has 5 heteroatoms. The maximum Gasteiger partial charge on any atom is 0.255 e. The molecule has 3 rings (SSSR count). The fraction of sp³-hybridized carbons (Fsp3) is 0.333. The first-order chi connectivity index (χ1) is 11.1. The lowest BCUT2D eigenvalue weighted by atomic mass is 10.1. The van der Waals surface area contributed by atoms with E-state index in [4.69, 9.17) is 5.73 Å². The Labute approximate surface area is 135 Å². The fourth-order valence-electron chi connectivity index (χ4n) is 3.11. The number of nitrogens with two attached hydrogens (primary N) is 1. The van der Waals surface area contributed by atoms with Crippen LogP contribution in [0, 0.1) is 6.92 Å². The van der Waals surface area contributed by atoms with Crippen molar-refractivity contribution >= 4 is 5.91 Å². The van der Waals surface area contributed by atoms with Crippen molar-refractivity contribution in [1.82, 2.24) is 9.88 Å². The molecule has 0 aliphatic heterocycles. The van der Waals surface area contributed by atoms with E-state index in [0.29, 0.717) is 5.56 Å². The van der Waals surface area contributed by atoms with Crippen LogP contribution in [0.5, 0.6) is 0 Å². The van der Waals surface area contributed by atoms with Crippen molar-refractivity contribution in [3.8, 4) is 5.69 Å². The van der Waals surface area contributed by atoms with Crippen molar-refractivity contribution < 1.29 is 4.79 Å². The molecule has 1 saturated carbocycles. The molecule has 1 aromatic heterocycles. The molecule has 23 heavy (non-hydrogen) atoms. The van der Waals surface area contributed by atoms with Gasteiger partial charge in [-0.15, -0.1) is 0 Å². The number of rotatable bonds is 3. The maximum absolute atomic E-state index is 12.4. The fourth-order valence-corrected chi connectivity index (χ4v) is 3.11. The Morgan fingerprint density at radius 3 is 2.74 bits per heavy atom. The van der Waals surface area contributed by atoms with Crippen LogP contribution in [0.2, 0.25) is 0 Å². The zero-order valence-corrected chi connectivity index (χ0v) is 13.2. The third kappa shape index (κ3) is 3.19. The van der Waals surface area contributed by atoms with Gasteiger partial charge in [0.25, 0.3) is 11.5 Å². The van der Waals surface area contributed by atoms with E-state index >= 15 is 0 Å². The number of benzene rings is 1. The van der Waals surface area contributed by atoms with Crippen LogP contribution in [0.3, 0.4) is 0 Å². The van der Waals surface area contributed by atoms with Crippen molar-refractivity contribution in [3.05, 3.63) is 64.1 Å². The minimum atomic E-state index is -0.109. The Kier molecular flexibility index (Phi) is 4.30. The number of amides is 1. The molecule has 0 bridgehead atoms. The number of hydrogen-bond donors (Lipinski definition) is 2. The van der Waals surface area contributed by atoms with Crippen molar-refractivity contribution in [2.75, 3.05) is 0 Å². The number of hydrogen-bond acceptors (Lipinski definition) is 3. The Morgan fingerprint density at radius 2 is 2.09 bits per heavy atom. The van der Waals surface area contributed by atoms with Gasteiger partial charge in [-0.05, 0) is 56.0 Å². The zero-order valence-electron chi connectivity index (χ0n) is 13.2. The summed E-state index contributed by atoms with van der Waals surface area (Å²) in [5, 5.41) is 3.01. The number of carbonyl (C=O) groups is 1. The summed E-state index contributed by atoms with van der Waals surface area (Å²) >= 11 is 0. The van der Waals surface area contributed by atoms with Crippen LogP contribution in [0.4, 0.5) is 0 Å². The van der Waals surface area contributed by atoms with E-state index in [1.54, 1.807) is 29.0 Å². The molecule has 3 N–H and O–H groups in total. The van der Waals surface area contributed by atoms with Gasteiger partial charge in [-0.1, -0.05) is 6.07 Å². The van der Waals surface area contributed by atoms with Crippen LogP contribution < -0.4 is 16.6 Å². The predicted molar refractivity (Wildman–Crippen MR) is 89.9 cm³/mol. The molecule has 0 radical (unpaired) electrons. The summed E-state index contributed by atoms with van der Waals surface area (Å²) in [5.74, 6) is -0.109. The first-order valence-electron chi connectivity index (χ1n) is 7.91. The minimum Gasteiger partial charge on any atom is -0.348 e. The van der Waals surface area contributed by atoms with Gasteiger partial charge in [-0.2, -0.15) is 0 Å². The predicted octanol–water partition coefficient (Wildman–Crippen LogP) is 1.76. The third-order valence-electron chi connectivity index (χ3n) is 4.43. The van der Waals surface area contributed by atoms with E-state index in [-0.39, 0.29) is 23.6 Å². The molecule has 2 aromatic rings. The minimum absolute atomic E-state index is 0.0437. The van der Waals surface area contributed by atoms with E-state index in [1.807, 2.05) is 19.1 Å². The first-order valence-corrected chi connectivity index (χ1v) is 7.91. The molecule has 120 valence electrons. The summed E-state index contributed by atoms with van der Waals surface area (Å²) in [6.07, 6.45) is 4.67. The van der Waals surface area contributed by atoms with Crippen LogP contribution in [0.25, 0.3) is 5.69 Å². The van der Waals surface area contributed by atoms with E-state index in [2.05, 4.69) is 5.32 Å². The highest BCUT2D eigenvalue weighted by Crippen LogP contribution is 2.19. The van der Waals surface area contributed by atoms with Crippen LogP contribution in [0.1, 0.15) is 35.2 Å². The van der Waals surface area contributed by atoms with E-state index in [0.717, 1.165) is 30.5 Å². The van der Waals surface area contributed by atoms with E-state index < -0.39 is 0 Å². The van der Waals surface area contributed by atoms with E-state index in [1.165, 1.54) is 6.07 Å². The van der Waals surface area contributed by atoms with Crippen molar-refractivity contribution in [2.45, 2.75) is 38.3 Å². The SMILES string of the molecule is Cc1cc(C(=O)NC2CCCC2N)ccc1-n1ccccc1=O. The van der Waals surface area contributed by atoms with Gasteiger partial charge < -0.3 is 11.1 Å². The Hall–Kier alpha value is -2.40. The number of carbonyl (C=O) groups excluding carboxylic acids is 1. The van der Waals surface area contributed by atoms with Crippen LogP contribution in [0.15, 0.2) is 47.4 Å². The van der Waals surface area contributed by atoms with Gasteiger partial charge in [-0.3, -0.25) is 14.2 Å². The Balaban J connectivity index is 1.83. The number of aromatic nitrogens is 1. The van der Waals surface area contributed by atoms with Crippen molar-refractivity contribution in [1.29, 1.82) is 0 Å². The Bertz CT molecular complexity index is 782. The lowest BCUT2D eigenvalue weighted by Crippen LogP contribution is -2.44. The second-order valence-electron chi connectivity index (χ2n) is 6.08. The number of aryl methyl sites for hydroxylation is 1. The van der Waals surface area contributed by atoms with Gasteiger partial charge in [0.2, 0.25) is 0 Å². The molecule has 0 saturated heterocycles. The van der Waals surface area contributed by atoms with E-state index in [9.17, 15) is 9.59 Å². The maximum atomic E-state index is 12.4. The normalized spacial score (nSPS) is 20.4. The highest BCUT2D eigenvalue weighted by atomic mass is 16.1. The van der Waals surface area contributed by atoms with Gasteiger partial charge >= 0.3 is 0 Å². The molecular formula is C18H21N3O2. The summed E-state index contributed by atoms with van der Waals surface area (Å²) in [6.45, 7) is 1.90. The highest BCUT2D eigenvalue weighted by molar-refractivity contribution is 5.95. The molecule has 5 nitrogen and oxygen atoms in total. The lowest BCUT2D eigenvalue weighted by Gasteiger charge is -2.18. The van der Waals surface area contributed by atoms with Gasteiger partial charge in [0.1, 0.15) is 0 Å². The van der Waals surface area contributed by atoms with Crippen LogP contribution in [-0.4, -0.2) is 22.6 Å². The van der Waals surface area contributed by atoms with Crippen LogP contribution >= 0.6 is 0 Å². The second-order valence-corrected chi connectivity index (χ2v) is 6.08. The lowest BCUT2D eigenvalue weighted by molar-refractivity contribution is 0.0934. The number of nitrogens with zero attached hydrogens (tertiary/aromatic N) is 1. The van der Waals surface area contributed by atoms with Crippen molar-refractivity contribution in [2.24, 2.45) is 5.73 Å². The zero-order chi connectivity index (χ0) is 16.4. The average Bonchev–Trinajstić information content (AvgIpc) is 2.93. The third-order valence-corrected chi connectivity index (χ3v) is 4.43. The highest BCUT2D eigenvalue weighted by Gasteiger charge is 2.25. The molecule has 1 aliphatic rings. The molecule has 1 heterocycles. The van der Waals surface area contributed by atoms with Gasteiger partial charge in [-0.25, -0.2) is 0 Å². The van der Waals surface area contributed by atoms with Gasteiger partial charge in [0.05, 0.1) is 5.69 Å². The number of nitrogens with one attached hydrogen (secondary N) is 1. The van der Waals surface area contributed by atoms with Gasteiger partial charge in [0, 0.05) is 29.9 Å². The summed E-state index contributed by atoms with van der Waals surface area (Å²) in [7, 11) is 0. The summed E-state index contributed by atoms with van der Waals surface area (Å²) in [6, 6.07) is 10.5. The molecular weight excluding hydrogens is 290 g/mol. The summed E-state index contributed by atoms with van der Waals surface area (Å²) < 4.78 is 1.57. The molecule has 1 amide bonds. The van der Waals surface area contributed by atoms with Crippen molar-refractivity contribution in [3.63, 3.8) is 0 Å². The Morgan fingerprint density at radius 1 is 1.26 bits per heavy atom. The molecule has 2 unspecified atom stereocenters. The smallest absolute Gasteiger partial charge is 0.255 e. The topological polar surface area (TPSA) is 77.1 Å². The standard InChI is InChI=1S/C18H21N3O2/c1-12-11-13(18(23)20-15-6-4-5-14(15)19)8-9-16(12)21-10-3-2-7-17(21)22/h2-3,7-11,14-15H,4-6,19H2,1H3,(H,20,23). The molecule has 1 aromatic carbocycles. The molecule has 1 fully saturated rings. The largest absolute Gasteiger partial charge is 0.348 e. The summed E-state index contributed by atoms with van der Waals surface area (Å²) in [5.41, 5.74) is 8.16. The molecule has 0 spiro atoms. The monoisotopic (exact) mass is 311 g/mol. The molecule has 1 aliphatic carbocycles. The quantitative estimate of drug-likeness (QED) is 0.906. The van der Waals surface area contributed by atoms with Gasteiger partial charge in [0.15, 0.2) is 0 Å². The molecule has 2 atom stereocenters. The number of pyridine rings is 1. The summed E-state index contributed by atoms with van der Waals surface area (Å²) in [4.78, 5) is 24.3. The average molecular weight is 311 g/mol.